The highest BCUT2D eigenvalue weighted by Gasteiger charge is 2.17. The molecule has 0 spiro atoms. The summed E-state index contributed by atoms with van der Waals surface area (Å²) in [5.41, 5.74) is 5.08. The molecule has 1 unspecified atom stereocenters. The van der Waals surface area contributed by atoms with E-state index in [-0.39, 0.29) is 11.9 Å². The van der Waals surface area contributed by atoms with Crippen molar-refractivity contribution in [3.8, 4) is 0 Å². The molecule has 2 rings (SSSR count). The van der Waals surface area contributed by atoms with E-state index in [9.17, 15) is 4.39 Å². The first kappa shape index (κ1) is 15.8. The van der Waals surface area contributed by atoms with Gasteiger partial charge in [0.25, 0.3) is 0 Å². The lowest BCUT2D eigenvalue weighted by Gasteiger charge is -2.24. The third kappa shape index (κ3) is 4.76. The molecule has 0 heterocycles. The van der Waals surface area contributed by atoms with Gasteiger partial charge in [-0.05, 0) is 49.4 Å². The third-order valence-corrected chi connectivity index (χ3v) is 5.64. The molecule has 112 valence electrons. The standard InChI is InChI=1S/C16H25FN2S/c1-12-7-8-14(17)9-13(12)10-15(19-18)11-20-16-5-3-2-4-6-16/h7-9,15-16,19H,2-6,10-11,18H2,1H3. The van der Waals surface area contributed by atoms with E-state index in [2.05, 4.69) is 5.43 Å². The van der Waals surface area contributed by atoms with Crippen LogP contribution in [0.3, 0.4) is 0 Å². The Labute approximate surface area is 125 Å². The molecule has 1 aromatic carbocycles. The molecule has 1 aromatic rings. The van der Waals surface area contributed by atoms with Crippen LogP contribution in [0.5, 0.6) is 0 Å². The molecular weight excluding hydrogens is 271 g/mol. The number of nitrogens with one attached hydrogen (secondary N) is 1. The number of halogens is 1. The fourth-order valence-corrected chi connectivity index (χ4v) is 4.16. The highest BCUT2D eigenvalue weighted by atomic mass is 32.2. The lowest BCUT2D eigenvalue weighted by Crippen LogP contribution is -2.39. The highest BCUT2D eigenvalue weighted by Crippen LogP contribution is 2.29. The van der Waals surface area contributed by atoms with Gasteiger partial charge in [-0.1, -0.05) is 25.3 Å². The summed E-state index contributed by atoms with van der Waals surface area (Å²) in [5, 5.41) is 0.785. The number of hydrazine groups is 1. The molecule has 0 aliphatic heterocycles. The van der Waals surface area contributed by atoms with E-state index in [0.717, 1.165) is 28.6 Å². The molecule has 0 amide bonds. The monoisotopic (exact) mass is 296 g/mol. The van der Waals surface area contributed by atoms with Gasteiger partial charge in [0.05, 0.1) is 0 Å². The van der Waals surface area contributed by atoms with Gasteiger partial charge < -0.3 is 0 Å². The Hall–Kier alpha value is -0.580. The Morgan fingerprint density at radius 3 is 2.80 bits per heavy atom. The maximum Gasteiger partial charge on any atom is 0.123 e. The van der Waals surface area contributed by atoms with Gasteiger partial charge in [-0.15, -0.1) is 0 Å². The fourth-order valence-electron chi connectivity index (χ4n) is 2.78. The van der Waals surface area contributed by atoms with Gasteiger partial charge in [0.15, 0.2) is 0 Å². The number of hydrogen-bond acceptors (Lipinski definition) is 3. The zero-order valence-corrected chi connectivity index (χ0v) is 13.0. The summed E-state index contributed by atoms with van der Waals surface area (Å²) in [5.74, 6) is 6.50. The van der Waals surface area contributed by atoms with Crippen LogP contribution in [-0.4, -0.2) is 17.0 Å². The molecule has 0 aromatic heterocycles. The summed E-state index contributed by atoms with van der Waals surface area (Å²) in [6.07, 6.45) is 7.57. The van der Waals surface area contributed by atoms with Crippen LogP contribution < -0.4 is 11.3 Å². The van der Waals surface area contributed by atoms with Gasteiger partial charge in [0, 0.05) is 17.0 Å². The summed E-state index contributed by atoms with van der Waals surface area (Å²) in [6.45, 7) is 2.02. The van der Waals surface area contributed by atoms with Crippen molar-refractivity contribution in [1.82, 2.24) is 5.43 Å². The maximum absolute atomic E-state index is 13.3. The summed E-state index contributed by atoms with van der Waals surface area (Å²) in [4.78, 5) is 0. The van der Waals surface area contributed by atoms with Crippen molar-refractivity contribution in [2.75, 3.05) is 5.75 Å². The van der Waals surface area contributed by atoms with Crippen LogP contribution in [0.1, 0.15) is 43.2 Å². The Kier molecular flexibility index (Phi) is 6.33. The topological polar surface area (TPSA) is 38.0 Å². The molecule has 4 heteroatoms. The summed E-state index contributed by atoms with van der Waals surface area (Å²) < 4.78 is 13.3. The van der Waals surface area contributed by atoms with Crippen LogP contribution in [0, 0.1) is 12.7 Å². The largest absolute Gasteiger partial charge is 0.271 e. The van der Waals surface area contributed by atoms with Gasteiger partial charge in [-0.3, -0.25) is 11.3 Å². The number of aryl methyl sites for hydroxylation is 1. The van der Waals surface area contributed by atoms with E-state index in [1.54, 1.807) is 6.07 Å². The number of thioether (sulfide) groups is 1. The summed E-state index contributed by atoms with van der Waals surface area (Å²) >= 11 is 2.02. The van der Waals surface area contributed by atoms with E-state index < -0.39 is 0 Å². The Bertz CT molecular complexity index is 419. The van der Waals surface area contributed by atoms with Crippen LogP contribution in [0.2, 0.25) is 0 Å². The van der Waals surface area contributed by atoms with Crippen LogP contribution >= 0.6 is 11.8 Å². The normalized spacial score (nSPS) is 18.1. The summed E-state index contributed by atoms with van der Waals surface area (Å²) in [7, 11) is 0. The minimum absolute atomic E-state index is 0.165. The van der Waals surface area contributed by atoms with Crippen molar-refractivity contribution < 1.29 is 4.39 Å². The van der Waals surface area contributed by atoms with Crippen LogP contribution in [0.25, 0.3) is 0 Å². The fraction of sp³-hybridized carbons (Fsp3) is 0.625. The lowest BCUT2D eigenvalue weighted by molar-refractivity contribution is 0.513. The van der Waals surface area contributed by atoms with Gasteiger partial charge >= 0.3 is 0 Å². The van der Waals surface area contributed by atoms with E-state index in [1.807, 2.05) is 24.8 Å². The Morgan fingerprint density at radius 1 is 1.35 bits per heavy atom. The van der Waals surface area contributed by atoms with Crippen molar-refractivity contribution in [2.24, 2.45) is 5.84 Å². The minimum Gasteiger partial charge on any atom is -0.271 e. The molecule has 0 saturated heterocycles. The highest BCUT2D eigenvalue weighted by molar-refractivity contribution is 7.99. The quantitative estimate of drug-likeness (QED) is 0.622. The van der Waals surface area contributed by atoms with E-state index in [0.29, 0.717) is 0 Å². The molecule has 0 bridgehead atoms. The SMILES string of the molecule is Cc1ccc(F)cc1CC(CSC1CCCCC1)NN. The van der Waals surface area contributed by atoms with Crippen LogP contribution in [0.4, 0.5) is 4.39 Å². The second-order valence-electron chi connectivity index (χ2n) is 5.73. The van der Waals surface area contributed by atoms with E-state index in [4.69, 9.17) is 5.84 Å². The maximum atomic E-state index is 13.3. The average Bonchev–Trinajstić information content (AvgIpc) is 2.48. The smallest absolute Gasteiger partial charge is 0.123 e. The molecule has 20 heavy (non-hydrogen) atoms. The third-order valence-electron chi connectivity index (χ3n) is 4.10. The summed E-state index contributed by atoms with van der Waals surface area (Å²) in [6, 6.07) is 5.19. The van der Waals surface area contributed by atoms with Gasteiger partial charge in [-0.2, -0.15) is 11.8 Å². The van der Waals surface area contributed by atoms with Crippen LogP contribution in [0.15, 0.2) is 18.2 Å². The first-order chi connectivity index (χ1) is 9.69. The molecule has 1 aliphatic carbocycles. The second kappa shape index (κ2) is 8.01. The van der Waals surface area contributed by atoms with Gasteiger partial charge in [0.1, 0.15) is 5.82 Å². The number of hydrogen-bond donors (Lipinski definition) is 2. The zero-order valence-electron chi connectivity index (χ0n) is 12.2. The van der Waals surface area contributed by atoms with Crippen molar-refractivity contribution in [3.05, 3.63) is 35.1 Å². The molecule has 1 fully saturated rings. The first-order valence-electron chi connectivity index (χ1n) is 7.52. The molecule has 1 atom stereocenters. The van der Waals surface area contributed by atoms with E-state index >= 15 is 0 Å². The number of rotatable bonds is 6. The van der Waals surface area contributed by atoms with Crippen LogP contribution in [-0.2, 0) is 6.42 Å². The van der Waals surface area contributed by atoms with Gasteiger partial charge in [0.2, 0.25) is 0 Å². The van der Waals surface area contributed by atoms with Gasteiger partial charge in [-0.25, -0.2) is 4.39 Å². The predicted octanol–water partition coefficient (Wildman–Crippen LogP) is 3.57. The van der Waals surface area contributed by atoms with E-state index in [1.165, 1.54) is 38.2 Å². The zero-order chi connectivity index (χ0) is 14.4. The minimum atomic E-state index is -0.165. The molecular formula is C16H25FN2S. The molecule has 3 N–H and O–H groups in total. The van der Waals surface area contributed by atoms with Crippen molar-refractivity contribution in [2.45, 2.75) is 56.7 Å². The lowest BCUT2D eigenvalue weighted by atomic mass is 10.0. The molecule has 1 saturated carbocycles. The number of nitrogens with two attached hydrogens (primary N) is 1. The second-order valence-corrected chi connectivity index (χ2v) is 7.07. The molecule has 1 aliphatic rings. The average molecular weight is 296 g/mol. The van der Waals surface area contributed by atoms with Crippen molar-refractivity contribution >= 4 is 11.8 Å². The predicted molar refractivity (Wildman–Crippen MR) is 85.3 cm³/mol. The number of benzene rings is 1. The Balaban J connectivity index is 1.86. The molecule has 0 radical (unpaired) electrons. The Morgan fingerprint density at radius 2 is 2.10 bits per heavy atom. The molecule has 2 nitrogen and oxygen atoms in total. The van der Waals surface area contributed by atoms with Crippen molar-refractivity contribution in [3.63, 3.8) is 0 Å². The first-order valence-corrected chi connectivity index (χ1v) is 8.56. The van der Waals surface area contributed by atoms with Crippen molar-refractivity contribution in [1.29, 1.82) is 0 Å².